The van der Waals surface area contributed by atoms with Crippen LogP contribution in [0, 0.1) is 0 Å². The number of hydrogen-bond donors (Lipinski definition) is 1. The molecule has 0 saturated carbocycles. The molecule has 5 nitrogen and oxygen atoms in total. The van der Waals surface area contributed by atoms with E-state index in [9.17, 15) is 4.79 Å². The van der Waals surface area contributed by atoms with Crippen LogP contribution in [0.4, 0.5) is 11.6 Å². The predicted molar refractivity (Wildman–Crippen MR) is 74.8 cm³/mol. The summed E-state index contributed by atoms with van der Waals surface area (Å²) in [5.41, 5.74) is 0.444. The molecule has 98 valence electrons. The third-order valence-corrected chi connectivity index (χ3v) is 2.62. The summed E-state index contributed by atoms with van der Waals surface area (Å²) in [6.45, 7) is 0. The van der Waals surface area contributed by atoms with E-state index < -0.39 is 0 Å². The number of amides is 1. The van der Waals surface area contributed by atoms with Gasteiger partial charge in [-0.05, 0) is 24.3 Å². The summed E-state index contributed by atoms with van der Waals surface area (Å²) in [7, 11) is 3.36. The lowest BCUT2D eigenvalue weighted by atomic mass is 10.2. The van der Waals surface area contributed by atoms with Gasteiger partial charge in [-0.15, -0.1) is 0 Å². The van der Waals surface area contributed by atoms with Crippen LogP contribution in [0.3, 0.4) is 0 Å². The summed E-state index contributed by atoms with van der Waals surface area (Å²) in [6.07, 6.45) is 1.65. The van der Waals surface area contributed by atoms with E-state index in [1.807, 2.05) is 12.1 Å². The second kappa shape index (κ2) is 5.67. The zero-order valence-electron chi connectivity index (χ0n) is 10.6. The Labute approximate surface area is 116 Å². The number of aromatic nitrogens is 2. The van der Waals surface area contributed by atoms with E-state index in [1.54, 1.807) is 38.5 Å². The molecule has 0 aliphatic heterocycles. The average molecular weight is 277 g/mol. The lowest BCUT2D eigenvalue weighted by Crippen LogP contribution is -2.23. The molecule has 2 aromatic heterocycles. The number of pyridine rings is 2. The highest BCUT2D eigenvalue weighted by Crippen LogP contribution is 2.21. The molecule has 0 radical (unpaired) electrons. The fraction of sp³-hybridized carbons (Fsp3) is 0.154. The molecule has 0 bridgehead atoms. The van der Waals surface area contributed by atoms with Crippen LogP contribution < -0.4 is 5.32 Å². The molecule has 0 spiro atoms. The summed E-state index contributed by atoms with van der Waals surface area (Å²) >= 11 is 5.87. The maximum atomic E-state index is 12.0. The van der Waals surface area contributed by atoms with Gasteiger partial charge in [0.1, 0.15) is 16.8 Å². The maximum Gasteiger partial charge on any atom is 0.257 e. The molecule has 19 heavy (non-hydrogen) atoms. The minimum absolute atomic E-state index is 0.150. The average Bonchev–Trinajstić information content (AvgIpc) is 2.39. The van der Waals surface area contributed by atoms with Gasteiger partial charge in [0.2, 0.25) is 0 Å². The van der Waals surface area contributed by atoms with E-state index in [4.69, 9.17) is 11.6 Å². The zero-order valence-corrected chi connectivity index (χ0v) is 11.3. The Morgan fingerprint density at radius 3 is 2.68 bits per heavy atom. The van der Waals surface area contributed by atoms with Crippen LogP contribution in [-0.2, 0) is 0 Å². The number of halogens is 1. The Hall–Kier alpha value is -2.14. The molecule has 1 N–H and O–H groups in total. The molecule has 0 atom stereocenters. The third kappa shape index (κ3) is 3.20. The van der Waals surface area contributed by atoms with Crippen molar-refractivity contribution in [1.82, 2.24) is 14.9 Å². The Kier molecular flexibility index (Phi) is 3.97. The number of nitrogens with one attached hydrogen (secondary N) is 1. The molecule has 2 heterocycles. The van der Waals surface area contributed by atoms with Gasteiger partial charge in [0, 0.05) is 20.3 Å². The van der Waals surface area contributed by atoms with E-state index in [0.29, 0.717) is 22.4 Å². The van der Waals surface area contributed by atoms with Crippen LogP contribution in [0.5, 0.6) is 0 Å². The highest BCUT2D eigenvalue weighted by atomic mass is 35.5. The second-order valence-corrected chi connectivity index (χ2v) is 4.46. The van der Waals surface area contributed by atoms with Gasteiger partial charge in [0.25, 0.3) is 5.91 Å². The van der Waals surface area contributed by atoms with Crippen LogP contribution in [0.2, 0.25) is 5.15 Å². The molecule has 0 unspecified atom stereocenters. The SMILES string of the molecule is CN(C)C(=O)c1ccc(Cl)nc1Nc1ccccn1. The normalized spacial score (nSPS) is 10.1. The van der Waals surface area contributed by atoms with E-state index >= 15 is 0 Å². The smallest absolute Gasteiger partial charge is 0.257 e. The molecule has 2 rings (SSSR count). The highest BCUT2D eigenvalue weighted by Gasteiger charge is 2.15. The summed E-state index contributed by atoms with van der Waals surface area (Å²) in [4.78, 5) is 21.8. The molecule has 0 saturated heterocycles. The van der Waals surface area contributed by atoms with Crippen LogP contribution in [0.15, 0.2) is 36.5 Å². The first-order valence-electron chi connectivity index (χ1n) is 5.64. The fourth-order valence-electron chi connectivity index (χ4n) is 1.50. The Balaban J connectivity index is 2.38. The van der Waals surface area contributed by atoms with Gasteiger partial charge in [0.05, 0.1) is 5.56 Å². The molecule has 6 heteroatoms. The van der Waals surface area contributed by atoms with Crippen molar-refractivity contribution >= 4 is 29.1 Å². The Morgan fingerprint density at radius 2 is 2.05 bits per heavy atom. The van der Waals surface area contributed by atoms with Gasteiger partial charge in [-0.2, -0.15) is 0 Å². The van der Waals surface area contributed by atoms with E-state index in [-0.39, 0.29) is 5.91 Å². The first kappa shape index (κ1) is 13.3. The molecule has 2 aromatic rings. The van der Waals surface area contributed by atoms with Crippen molar-refractivity contribution in [3.63, 3.8) is 0 Å². The van der Waals surface area contributed by atoms with Crippen LogP contribution in [0.1, 0.15) is 10.4 Å². The van der Waals surface area contributed by atoms with Crippen molar-refractivity contribution in [3.8, 4) is 0 Å². The van der Waals surface area contributed by atoms with Gasteiger partial charge in [-0.1, -0.05) is 17.7 Å². The first-order chi connectivity index (χ1) is 9.08. The van der Waals surface area contributed by atoms with Gasteiger partial charge in [-0.25, -0.2) is 9.97 Å². The number of carbonyl (C=O) groups is 1. The molecule has 1 amide bonds. The summed E-state index contributed by atoms with van der Waals surface area (Å²) < 4.78 is 0. The number of anilines is 2. The Morgan fingerprint density at radius 1 is 1.26 bits per heavy atom. The molecular formula is C13H13ClN4O. The zero-order chi connectivity index (χ0) is 13.8. The van der Waals surface area contributed by atoms with Crippen molar-refractivity contribution in [2.45, 2.75) is 0 Å². The van der Waals surface area contributed by atoms with E-state index in [0.717, 1.165) is 0 Å². The molecular weight excluding hydrogens is 264 g/mol. The quantitative estimate of drug-likeness (QED) is 0.876. The molecule has 0 aromatic carbocycles. The molecule has 0 aliphatic carbocycles. The minimum atomic E-state index is -0.150. The number of hydrogen-bond acceptors (Lipinski definition) is 4. The van der Waals surface area contributed by atoms with E-state index in [1.165, 1.54) is 4.90 Å². The van der Waals surface area contributed by atoms with Crippen LogP contribution in [0.25, 0.3) is 0 Å². The lowest BCUT2D eigenvalue weighted by Gasteiger charge is -2.14. The monoisotopic (exact) mass is 276 g/mol. The summed E-state index contributed by atoms with van der Waals surface area (Å²) in [5.74, 6) is 0.845. The third-order valence-electron chi connectivity index (χ3n) is 2.41. The van der Waals surface area contributed by atoms with Gasteiger partial charge < -0.3 is 10.2 Å². The standard InChI is InChI=1S/C13H13ClN4O/c1-18(2)13(19)9-6-7-10(14)16-12(9)17-11-5-3-4-8-15-11/h3-8H,1-2H3,(H,15,16,17). The second-order valence-electron chi connectivity index (χ2n) is 4.07. The minimum Gasteiger partial charge on any atom is -0.345 e. The fourth-order valence-corrected chi connectivity index (χ4v) is 1.65. The number of nitrogens with zero attached hydrogens (tertiary/aromatic N) is 3. The number of rotatable bonds is 3. The van der Waals surface area contributed by atoms with Crippen molar-refractivity contribution in [2.24, 2.45) is 0 Å². The van der Waals surface area contributed by atoms with Crippen LogP contribution >= 0.6 is 11.6 Å². The van der Waals surface area contributed by atoms with Crippen molar-refractivity contribution in [2.75, 3.05) is 19.4 Å². The maximum absolute atomic E-state index is 12.0. The predicted octanol–water partition coefficient (Wildman–Crippen LogP) is 2.58. The van der Waals surface area contributed by atoms with Gasteiger partial charge in [0.15, 0.2) is 0 Å². The largest absolute Gasteiger partial charge is 0.345 e. The first-order valence-corrected chi connectivity index (χ1v) is 6.02. The van der Waals surface area contributed by atoms with Crippen LogP contribution in [-0.4, -0.2) is 34.9 Å². The van der Waals surface area contributed by atoms with Crippen molar-refractivity contribution in [3.05, 3.63) is 47.2 Å². The van der Waals surface area contributed by atoms with Crippen molar-refractivity contribution < 1.29 is 4.79 Å². The number of carbonyl (C=O) groups excluding carboxylic acids is 1. The summed E-state index contributed by atoms with van der Waals surface area (Å²) in [5, 5.41) is 3.31. The van der Waals surface area contributed by atoms with Gasteiger partial charge >= 0.3 is 0 Å². The summed E-state index contributed by atoms with van der Waals surface area (Å²) in [6, 6.07) is 8.66. The topological polar surface area (TPSA) is 58.1 Å². The Bertz CT molecular complexity index is 586. The molecule has 0 aliphatic rings. The highest BCUT2D eigenvalue weighted by molar-refractivity contribution is 6.29. The lowest BCUT2D eigenvalue weighted by molar-refractivity contribution is 0.0828. The van der Waals surface area contributed by atoms with Gasteiger partial charge in [-0.3, -0.25) is 4.79 Å². The molecule has 0 fully saturated rings. The van der Waals surface area contributed by atoms with E-state index in [2.05, 4.69) is 15.3 Å². The van der Waals surface area contributed by atoms with Crippen molar-refractivity contribution in [1.29, 1.82) is 0 Å².